The summed E-state index contributed by atoms with van der Waals surface area (Å²) in [6, 6.07) is 1.56. The summed E-state index contributed by atoms with van der Waals surface area (Å²) in [5.74, 6) is -2.52. The zero-order chi connectivity index (χ0) is 10.7. The number of thiophene rings is 1. The molecule has 14 heavy (non-hydrogen) atoms. The van der Waals surface area contributed by atoms with Crippen molar-refractivity contribution in [3.8, 4) is 0 Å². The number of rotatable bonds is 3. The van der Waals surface area contributed by atoms with Crippen molar-refractivity contribution in [2.24, 2.45) is 0 Å². The van der Waals surface area contributed by atoms with Gasteiger partial charge in [-0.25, -0.2) is 9.59 Å². The molecule has 2 N–H and O–H groups in total. The third-order valence-electron chi connectivity index (χ3n) is 1.33. The standard InChI is InChI=1S/C8H5BrO4S/c9-4-1-6(14-3-4)5(8(12)13)2-7(10)11/h1-3H,(H,10,11)(H,12,13)/b5-2-. The van der Waals surface area contributed by atoms with Gasteiger partial charge in [0.1, 0.15) is 0 Å². The molecule has 0 bridgehead atoms. The monoisotopic (exact) mass is 276 g/mol. The molecule has 0 aliphatic rings. The molecule has 0 aliphatic carbocycles. The Balaban J connectivity index is 3.13. The molecule has 1 rings (SSSR count). The number of aliphatic carboxylic acids is 2. The summed E-state index contributed by atoms with van der Waals surface area (Å²) >= 11 is 4.33. The van der Waals surface area contributed by atoms with Crippen LogP contribution in [0.4, 0.5) is 0 Å². The Morgan fingerprint density at radius 2 is 2.07 bits per heavy atom. The van der Waals surface area contributed by atoms with Gasteiger partial charge in [-0.3, -0.25) is 0 Å². The first-order chi connectivity index (χ1) is 6.50. The normalized spacial score (nSPS) is 11.4. The molecule has 1 heterocycles. The van der Waals surface area contributed by atoms with Gasteiger partial charge in [-0.1, -0.05) is 0 Å². The van der Waals surface area contributed by atoms with Crippen molar-refractivity contribution < 1.29 is 19.8 Å². The summed E-state index contributed by atoms with van der Waals surface area (Å²) in [5, 5.41) is 18.9. The van der Waals surface area contributed by atoms with Gasteiger partial charge in [-0.05, 0) is 22.0 Å². The predicted molar refractivity (Wildman–Crippen MR) is 55.3 cm³/mol. The van der Waals surface area contributed by atoms with E-state index in [9.17, 15) is 9.59 Å². The fourth-order valence-electron chi connectivity index (χ4n) is 0.816. The van der Waals surface area contributed by atoms with Crippen molar-refractivity contribution >= 4 is 44.8 Å². The van der Waals surface area contributed by atoms with E-state index in [1.54, 1.807) is 11.4 Å². The third kappa shape index (κ3) is 2.68. The summed E-state index contributed by atoms with van der Waals surface area (Å²) in [6.45, 7) is 0. The van der Waals surface area contributed by atoms with Crippen molar-refractivity contribution in [1.29, 1.82) is 0 Å². The van der Waals surface area contributed by atoms with E-state index in [2.05, 4.69) is 15.9 Å². The number of hydrogen-bond donors (Lipinski definition) is 2. The summed E-state index contributed by atoms with van der Waals surface area (Å²) in [4.78, 5) is 21.5. The van der Waals surface area contributed by atoms with Crippen LogP contribution in [0.2, 0.25) is 0 Å². The maximum absolute atomic E-state index is 10.7. The molecule has 0 unspecified atom stereocenters. The second kappa shape index (κ2) is 4.39. The fourth-order valence-corrected chi connectivity index (χ4v) is 2.25. The van der Waals surface area contributed by atoms with Gasteiger partial charge in [0.2, 0.25) is 0 Å². The van der Waals surface area contributed by atoms with Crippen LogP contribution in [0.5, 0.6) is 0 Å². The van der Waals surface area contributed by atoms with Crippen LogP contribution in [0.1, 0.15) is 4.88 Å². The average molecular weight is 277 g/mol. The first-order valence-electron chi connectivity index (χ1n) is 3.43. The van der Waals surface area contributed by atoms with E-state index in [0.29, 0.717) is 11.0 Å². The van der Waals surface area contributed by atoms with Gasteiger partial charge in [0.05, 0.1) is 5.57 Å². The van der Waals surface area contributed by atoms with Crippen LogP contribution in [0.15, 0.2) is 22.0 Å². The summed E-state index contributed by atoms with van der Waals surface area (Å²) in [6.07, 6.45) is 0.681. The lowest BCUT2D eigenvalue weighted by Gasteiger charge is -1.95. The fraction of sp³-hybridized carbons (Fsp3) is 0. The molecule has 0 amide bonds. The summed E-state index contributed by atoms with van der Waals surface area (Å²) < 4.78 is 0.732. The summed E-state index contributed by atoms with van der Waals surface area (Å²) in [7, 11) is 0. The molecule has 1 aromatic heterocycles. The van der Waals surface area contributed by atoms with E-state index in [0.717, 1.165) is 4.47 Å². The second-order valence-electron chi connectivity index (χ2n) is 2.33. The number of hydrogen-bond acceptors (Lipinski definition) is 3. The van der Waals surface area contributed by atoms with Crippen molar-refractivity contribution in [2.75, 3.05) is 0 Å². The molecule has 0 spiro atoms. The first kappa shape index (κ1) is 10.9. The van der Waals surface area contributed by atoms with Crippen LogP contribution in [0.25, 0.3) is 5.57 Å². The summed E-state index contributed by atoms with van der Waals surface area (Å²) in [5.41, 5.74) is -0.215. The molecule has 0 saturated carbocycles. The van der Waals surface area contributed by atoms with Crippen molar-refractivity contribution in [1.82, 2.24) is 0 Å². The van der Waals surface area contributed by atoms with Crippen LogP contribution in [-0.4, -0.2) is 22.2 Å². The minimum absolute atomic E-state index is 0.215. The third-order valence-corrected chi connectivity index (χ3v) is 3.06. The molecule has 1 aromatic rings. The van der Waals surface area contributed by atoms with E-state index in [4.69, 9.17) is 10.2 Å². The Bertz CT molecular complexity index is 407. The first-order valence-corrected chi connectivity index (χ1v) is 5.10. The molecule has 4 nitrogen and oxygen atoms in total. The Morgan fingerprint density at radius 3 is 2.43 bits per heavy atom. The predicted octanol–water partition coefficient (Wildman–Crippen LogP) is 2.06. The van der Waals surface area contributed by atoms with Crippen LogP contribution in [0, 0.1) is 0 Å². The minimum atomic E-state index is -1.27. The Hall–Kier alpha value is -1.14. The molecule has 74 valence electrons. The molecular weight excluding hydrogens is 272 g/mol. The van der Waals surface area contributed by atoms with E-state index >= 15 is 0 Å². The minimum Gasteiger partial charge on any atom is -0.478 e. The quantitative estimate of drug-likeness (QED) is 0.829. The molecule has 0 radical (unpaired) electrons. The maximum Gasteiger partial charge on any atom is 0.337 e. The lowest BCUT2D eigenvalue weighted by molar-refractivity contribution is -0.133. The van der Waals surface area contributed by atoms with E-state index in [1.807, 2.05) is 0 Å². The highest BCUT2D eigenvalue weighted by molar-refractivity contribution is 9.10. The zero-order valence-electron chi connectivity index (χ0n) is 6.73. The largest absolute Gasteiger partial charge is 0.478 e. The van der Waals surface area contributed by atoms with Gasteiger partial charge >= 0.3 is 11.9 Å². The van der Waals surface area contributed by atoms with Gasteiger partial charge in [-0.2, -0.15) is 0 Å². The second-order valence-corrected chi connectivity index (χ2v) is 4.16. The van der Waals surface area contributed by atoms with Crippen LogP contribution in [-0.2, 0) is 9.59 Å². The Morgan fingerprint density at radius 1 is 1.43 bits per heavy atom. The molecule has 0 saturated heterocycles. The molecule has 0 aromatic carbocycles. The molecule has 0 atom stereocenters. The van der Waals surface area contributed by atoms with E-state index < -0.39 is 11.9 Å². The molecule has 0 fully saturated rings. The Kier molecular flexibility index (Phi) is 3.43. The zero-order valence-corrected chi connectivity index (χ0v) is 9.13. The lowest BCUT2D eigenvalue weighted by atomic mass is 10.2. The molecular formula is C8H5BrO4S. The van der Waals surface area contributed by atoms with E-state index in [1.165, 1.54) is 11.3 Å². The lowest BCUT2D eigenvalue weighted by Crippen LogP contribution is -2.01. The average Bonchev–Trinajstić information content (AvgIpc) is 2.46. The van der Waals surface area contributed by atoms with Gasteiger partial charge in [-0.15, -0.1) is 11.3 Å². The number of carbonyl (C=O) groups is 2. The van der Waals surface area contributed by atoms with Gasteiger partial charge in [0.25, 0.3) is 0 Å². The molecule has 6 heteroatoms. The topological polar surface area (TPSA) is 74.6 Å². The van der Waals surface area contributed by atoms with Crippen molar-refractivity contribution in [3.05, 3.63) is 26.9 Å². The van der Waals surface area contributed by atoms with E-state index in [-0.39, 0.29) is 5.57 Å². The van der Waals surface area contributed by atoms with Gasteiger partial charge < -0.3 is 10.2 Å². The van der Waals surface area contributed by atoms with Gasteiger partial charge in [0, 0.05) is 20.8 Å². The van der Waals surface area contributed by atoms with Crippen LogP contribution in [0.3, 0.4) is 0 Å². The SMILES string of the molecule is O=C(O)/C=C(\C(=O)O)c1cc(Br)cs1. The number of carboxylic acids is 2. The highest BCUT2D eigenvalue weighted by Crippen LogP contribution is 2.26. The molecule has 0 aliphatic heterocycles. The highest BCUT2D eigenvalue weighted by atomic mass is 79.9. The maximum atomic E-state index is 10.7. The van der Waals surface area contributed by atoms with Crippen LogP contribution < -0.4 is 0 Å². The van der Waals surface area contributed by atoms with Crippen molar-refractivity contribution in [3.63, 3.8) is 0 Å². The van der Waals surface area contributed by atoms with Gasteiger partial charge in [0.15, 0.2) is 0 Å². The number of halogens is 1. The number of carboxylic acid groups (broad SMARTS) is 2. The smallest absolute Gasteiger partial charge is 0.337 e. The highest BCUT2D eigenvalue weighted by Gasteiger charge is 2.13. The van der Waals surface area contributed by atoms with Crippen molar-refractivity contribution in [2.45, 2.75) is 0 Å². The van der Waals surface area contributed by atoms with Crippen LogP contribution >= 0.6 is 27.3 Å². The Labute approximate surface area is 91.6 Å².